The summed E-state index contributed by atoms with van der Waals surface area (Å²) in [6, 6.07) is 3.94. The topological polar surface area (TPSA) is 68.8 Å². The second kappa shape index (κ2) is 11.3. The van der Waals surface area contributed by atoms with E-state index in [4.69, 9.17) is 0 Å². The van der Waals surface area contributed by atoms with Crippen LogP contribution in [0, 0.1) is 17.6 Å². The van der Waals surface area contributed by atoms with Crippen LogP contribution in [0.4, 0.5) is 14.5 Å². The van der Waals surface area contributed by atoms with Gasteiger partial charge in [0, 0.05) is 45.2 Å². The summed E-state index contributed by atoms with van der Waals surface area (Å²) in [6.07, 6.45) is 0.749. The van der Waals surface area contributed by atoms with Crippen LogP contribution in [-0.2, 0) is 4.79 Å². The monoisotopic (exact) mass is 495 g/mol. The van der Waals surface area contributed by atoms with Crippen LogP contribution in [0.2, 0.25) is 0 Å². The van der Waals surface area contributed by atoms with Gasteiger partial charge < -0.3 is 20.9 Å². The molecule has 1 unspecified atom stereocenters. The minimum atomic E-state index is -0.547. The van der Waals surface area contributed by atoms with Gasteiger partial charge in [-0.1, -0.05) is 19.9 Å². The Kier molecular flexibility index (Phi) is 9.75. The van der Waals surface area contributed by atoms with Crippen molar-refractivity contribution in [2.45, 2.75) is 26.3 Å². The van der Waals surface area contributed by atoms with E-state index in [-0.39, 0.29) is 47.5 Å². The van der Waals surface area contributed by atoms with Gasteiger partial charge in [-0.15, -0.1) is 24.0 Å². The van der Waals surface area contributed by atoms with Crippen LogP contribution < -0.4 is 20.9 Å². The van der Waals surface area contributed by atoms with E-state index in [2.05, 4.69) is 20.9 Å². The number of rotatable bonds is 6. The standard InChI is InChI=1S/C18H27F2N5O.HI/c1-12(2)17(26)22-8-9-23-18(21-3)24-13-7-10-25(11-13)16-14(19)5-4-6-15(16)20;/h4-6,12-13H,7-11H2,1-3H3,(H,22,26)(H2,21,23,24);1H. The number of amides is 1. The molecule has 1 aliphatic heterocycles. The number of carbonyl (C=O) groups is 1. The maximum absolute atomic E-state index is 13.9. The molecule has 3 N–H and O–H groups in total. The van der Waals surface area contributed by atoms with E-state index < -0.39 is 11.6 Å². The van der Waals surface area contributed by atoms with Gasteiger partial charge in [0.05, 0.1) is 0 Å². The lowest BCUT2D eigenvalue weighted by Gasteiger charge is -2.21. The number of guanidine groups is 1. The summed E-state index contributed by atoms with van der Waals surface area (Å²) in [5.74, 6) is -0.531. The fourth-order valence-electron chi connectivity index (χ4n) is 2.83. The number of nitrogens with one attached hydrogen (secondary N) is 3. The zero-order valence-corrected chi connectivity index (χ0v) is 18.2. The Bertz CT molecular complexity index is 636. The summed E-state index contributed by atoms with van der Waals surface area (Å²) < 4.78 is 27.8. The first-order valence-corrected chi connectivity index (χ1v) is 8.86. The van der Waals surface area contributed by atoms with Crippen LogP contribution in [0.5, 0.6) is 0 Å². The number of benzene rings is 1. The fourth-order valence-corrected chi connectivity index (χ4v) is 2.83. The number of carbonyl (C=O) groups excluding carboxylic acids is 1. The number of halogens is 3. The number of anilines is 1. The molecular formula is C18H28F2IN5O. The molecule has 0 aromatic heterocycles. The SMILES string of the molecule is CN=C(NCCNC(=O)C(C)C)NC1CCN(c2c(F)cccc2F)C1.I. The minimum absolute atomic E-state index is 0. The molecule has 0 radical (unpaired) electrons. The maximum atomic E-state index is 13.9. The number of aliphatic imine (C=N–C) groups is 1. The normalized spacial score (nSPS) is 16.9. The molecule has 0 spiro atoms. The Labute approximate surface area is 176 Å². The fraction of sp³-hybridized carbons (Fsp3) is 0.556. The first-order valence-electron chi connectivity index (χ1n) is 8.86. The van der Waals surface area contributed by atoms with Gasteiger partial charge in [-0.05, 0) is 18.6 Å². The van der Waals surface area contributed by atoms with Crippen LogP contribution in [0.15, 0.2) is 23.2 Å². The van der Waals surface area contributed by atoms with E-state index in [9.17, 15) is 13.6 Å². The molecule has 1 saturated heterocycles. The molecule has 0 aliphatic carbocycles. The Hall–Kier alpha value is -1.65. The van der Waals surface area contributed by atoms with Crippen LogP contribution >= 0.6 is 24.0 Å². The zero-order valence-electron chi connectivity index (χ0n) is 15.9. The first kappa shape index (κ1) is 23.4. The van der Waals surface area contributed by atoms with Crippen molar-refractivity contribution >= 4 is 41.5 Å². The highest BCUT2D eigenvalue weighted by Gasteiger charge is 2.27. The van der Waals surface area contributed by atoms with Crippen LogP contribution in [0.3, 0.4) is 0 Å². The van der Waals surface area contributed by atoms with E-state index in [0.717, 1.165) is 6.42 Å². The van der Waals surface area contributed by atoms with Gasteiger partial charge in [-0.3, -0.25) is 9.79 Å². The summed E-state index contributed by atoms with van der Waals surface area (Å²) in [7, 11) is 1.66. The van der Waals surface area contributed by atoms with E-state index >= 15 is 0 Å². The predicted octanol–water partition coefficient (Wildman–Crippen LogP) is 2.10. The second-order valence-corrected chi connectivity index (χ2v) is 6.59. The smallest absolute Gasteiger partial charge is 0.222 e. The Balaban J connectivity index is 0.00000364. The second-order valence-electron chi connectivity index (χ2n) is 6.59. The van der Waals surface area contributed by atoms with Crippen LogP contribution in [0.25, 0.3) is 0 Å². The average Bonchev–Trinajstić information content (AvgIpc) is 3.05. The Morgan fingerprint density at radius 1 is 1.26 bits per heavy atom. The third kappa shape index (κ3) is 6.78. The van der Waals surface area contributed by atoms with Crippen molar-refractivity contribution in [1.29, 1.82) is 0 Å². The van der Waals surface area contributed by atoms with Gasteiger partial charge in [0.1, 0.15) is 17.3 Å². The van der Waals surface area contributed by atoms with Crippen molar-refractivity contribution in [3.8, 4) is 0 Å². The first-order chi connectivity index (χ1) is 12.4. The molecule has 1 heterocycles. The lowest BCUT2D eigenvalue weighted by Crippen LogP contribution is -2.46. The maximum Gasteiger partial charge on any atom is 0.222 e. The van der Waals surface area contributed by atoms with Crippen molar-refractivity contribution in [2.24, 2.45) is 10.9 Å². The van der Waals surface area contributed by atoms with Gasteiger partial charge in [-0.25, -0.2) is 8.78 Å². The van der Waals surface area contributed by atoms with Crippen molar-refractivity contribution in [3.05, 3.63) is 29.8 Å². The summed E-state index contributed by atoms with van der Waals surface area (Å²) >= 11 is 0. The molecule has 0 bridgehead atoms. The molecule has 1 fully saturated rings. The average molecular weight is 495 g/mol. The molecule has 1 amide bonds. The number of nitrogens with zero attached hydrogens (tertiary/aromatic N) is 2. The van der Waals surface area contributed by atoms with Crippen LogP contribution in [-0.4, -0.2) is 51.1 Å². The van der Waals surface area contributed by atoms with E-state index in [1.54, 1.807) is 11.9 Å². The molecular weight excluding hydrogens is 467 g/mol. The van der Waals surface area contributed by atoms with Crippen molar-refractivity contribution in [2.75, 3.05) is 38.1 Å². The molecule has 9 heteroatoms. The number of hydrogen-bond acceptors (Lipinski definition) is 3. The molecule has 1 aliphatic rings. The summed E-state index contributed by atoms with van der Waals surface area (Å²) in [5.41, 5.74) is 0.0242. The molecule has 1 atom stereocenters. The number of hydrogen-bond donors (Lipinski definition) is 3. The van der Waals surface area contributed by atoms with E-state index in [1.165, 1.54) is 18.2 Å². The van der Waals surface area contributed by atoms with Gasteiger partial charge >= 0.3 is 0 Å². The third-order valence-electron chi connectivity index (χ3n) is 4.25. The summed E-state index contributed by atoms with van der Waals surface area (Å²) in [5, 5.41) is 9.20. The minimum Gasteiger partial charge on any atom is -0.365 e. The van der Waals surface area contributed by atoms with Crippen molar-refractivity contribution < 1.29 is 13.6 Å². The zero-order chi connectivity index (χ0) is 19.1. The summed E-state index contributed by atoms with van der Waals surface area (Å²) in [6.45, 7) is 5.77. The molecule has 152 valence electrons. The van der Waals surface area contributed by atoms with Gasteiger partial charge in [-0.2, -0.15) is 0 Å². The van der Waals surface area contributed by atoms with Crippen molar-refractivity contribution in [3.63, 3.8) is 0 Å². The Morgan fingerprint density at radius 3 is 2.48 bits per heavy atom. The lowest BCUT2D eigenvalue weighted by atomic mass is 10.2. The highest BCUT2D eigenvalue weighted by molar-refractivity contribution is 14.0. The molecule has 27 heavy (non-hydrogen) atoms. The molecule has 6 nitrogen and oxygen atoms in total. The van der Waals surface area contributed by atoms with Gasteiger partial charge in [0.2, 0.25) is 5.91 Å². The highest BCUT2D eigenvalue weighted by atomic mass is 127. The molecule has 1 aromatic carbocycles. The van der Waals surface area contributed by atoms with Crippen molar-refractivity contribution in [1.82, 2.24) is 16.0 Å². The van der Waals surface area contributed by atoms with Gasteiger partial charge in [0.15, 0.2) is 5.96 Å². The largest absolute Gasteiger partial charge is 0.365 e. The third-order valence-corrected chi connectivity index (χ3v) is 4.25. The molecule has 1 aromatic rings. The van der Waals surface area contributed by atoms with Crippen LogP contribution in [0.1, 0.15) is 20.3 Å². The molecule has 0 saturated carbocycles. The van der Waals surface area contributed by atoms with Gasteiger partial charge in [0.25, 0.3) is 0 Å². The Morgan fingerprint density at radius 2 is 1.89 bits per heavy atom. The van der Waals surface area contributed by atoms with E-state index in [0.29, 0.717) is 32.1 Å². The highest BCUT2D eigenvalue weighted by Crippen LogP contribution is 2.26. The quantitative estimate of drug-likeness (QED) is 0.245. The predicted molar refractivity (Wildman–Crippen MR) is 115 cm³/mol. The molecule has 2 rings (SSSR count). The number of para-hydroxylation sites is 1. The summed E-state index contributed by atoms with van der Waals surface area (Å²) in [4.78, 5) is 17.4. The lowest BCUT2D eigenvalue weighted by molar-refractivity contribution is -0.123. The van der Waals surface area contributed by atoms with E-state index in [1.807, 2.05) is 13.8 Å².